The first kappa shape index (κ1) is 26.5. The van der Waals surface area contributed by atoms with E-state index < -0.39 is 40.3 Å². The first-order valence-electron chi connectivity index (χ1n) is 10.3. The summed E-state index contributed by atoms with van der Waals surface area (Å²) < 4.78 is 65.7. The number of halogens is 3. The van der Waals surface area contributed by atoms with Gasteiger partial charge in [-0.15, -0.1) is 0 Å². The van der Waals surface area contributed by atoms with Gasteiger partial charge in [-0.1, -0.05) is 38.1 Å². The second-order valence-electron chi connectivity index (χ2n) is 8.21. The van der Waals surface area contributed by atoms with Crippen LogP contribution in [-0.2, 0) is 21.0 Å². The maximum Gasteiger partial charge on any atom is 0.416 e. The van der Waals surface area contributed by atoms with Crippen LogP contribution < -0.4 is 5.32 Å². The molecule has 0 spiro atoms. The van der Waals surface area contributed by atoms with Gasteiger partial charge in [0.05, 0.1) is 23.0 Å². The molecule has 1 N–H and O–H groups in total. The van der Waals surface area contributed by atoms with Crippen molar-refractivity contribution in [3.63, 3.8) is 0 Å². The minimum absolute atomic E-state index is 0.0612. The van der Waals surface area contributed by atoms with Crippen LogP contribution in [-0.4, -0.2) is 38.0 Å². The van der Waals surface area contributed by atoms with Crippen LogP contribution in [0.15, 0.2) is 53.4 Å². The largest absolute Gasteiger partial charge is 0.416 e. The average molecular weight is 485 g/mol. The second-order valence-corrected chi connectivity index (χ2v) is 10.3. The molecule has 2 aromatic carbocycles. The van der Waals surface area contributed by atoms with E-state index in [4.69, 9.17) is 0 Å². The third-order valence-electron chi connectivity index (χ3n) is 4.99. The first-order valence-corrected chi connectivity index (χ1v) is 11.7. The molecule has 2 rings (SSSR count). The maximum absolute atomic E-state index is 13.1. The number of likely N-dealkylation sites (N-methyl/N-ethyl adjacent to an activating group) is 1. The molecule has 1 amide bonds. The van der Waals surface area contributed by atoms with Crippen LogP contribution >= 0.6 is 0 Å². The summed E-state index contributed by atoms with van der Waals surface area (Å²) in [6.45, 7) is 4.57. The van der Waals surface area contributed by atoms with Gasteiger partial charge in [0, 0.05) is 12.6 Å². The number of Topliss-reactive ketones (excluding diaryl/α,β-unsaturated/α-hetero) is 1. The molecule has 0 radical (unpaired) electrons. The molecule has 180 valence electrons. The molecule has 0 unspecified atom stereocenters. The summed E-state index contributed by atoms with van der Waals surface area (Å²) in [5, 5.41) is 2.66. The monoisotopic (exact) mass is 484 g/mol. The third kappa shape index (κ3) is 7.13. The van der Waals surface area contributed by atoms with E-state index in [0.717, 1.165) is 16.4 Å². The standard InChI is InChI=1S/C23H27F3N2O4S/c1-15(2)12-21(18-6-5-7-19(13-18)23(24,25)26)27-22(30)14-28(4)33(31,32)20-10-8-17(9-11-20)16(3)29/h5-11,13,15,21H,12,14H2,1-4H3,(H,27,30)/t21-/m0/s1. The Morgan fingerprint density at radius 3 is 2.18 bits per heavy atom. The smallest absolute Gasteiger partial charge is 0.348 e. The van der Waals surface area contributed by atoms with Crippen molar-refractivity contribution in [1.82, 2.24) is 9.62 Å². The zero-order valence-corrected chi connectivity index (χ0v) is 19.6. The molecule has 0 fully saturated rings. The minimum Gasteiger partial charge on any atom is -0.348 e. The van der Waals surface area contributed by atoms with Gasteiger partial charge < -0.3 is 5.32 Å². The highest BCUT2D eigenvalue weighted by Crippen LogP contribution is 2.32. The molecule has 33 heavy (non-hydrogen) atoms. The molecule has 10 heteroatoms. The van der Waals surface area contributed by atoms with Crippen LogP contribution in [0.4, 0.5) is 13.2 Å². The van der Waals surface area contributed by atoms with E-state index in [1.807, 2.05) is 13.8 Å². The van der Waals surface area contributed by atoms with Crippen molar-refractivity contribution >= 4 is 21.7 Å². The summed E-state index contributed by atoms with van der Waals surface area (Å²) in [7, 11) is -2.78. The molecular weight excluding hydrogens is 457 g/mol. The number of alkyl halides is 3. The molecule has 1 atom stereocenters. The fourth-order valence-electron chi connectivity index (χ4n) is 3.25. The Morgan fingerprint density at radius 1 is 1.06 bits per heavy atom. The second kappa shape index (κ2) is 10.5. The number of benzene rings is 2. The molecule has 2 aromatic rings. The van der Waals surface area contributed by atoms with Crippen molar-refractivity contribution in [3.05, 3.63) is 65.2 Å². The number of nitrogens with zero attached hydrogens (tertiary/aromatic N) is 1. The van der Waals surface area contributed by atoms with E-state index >= 15 is 0 Å². The molecule has 0 aliphatic heterocycles. The molecule has 0 aliphatic carbocycles. The lowest BCUT2D eigenvalue weighted by Gasteiger charge is -2.24. The van der Waals surface area contributed by atoms with Crippen molar-refractivity contribution in [1.29, 1.82) is 0 Å². The van der Waals surface area contributed by atoms with Crippen molar-refractivity contribution in [3.8, 4) is 0 Å². The van der Waals surface area contributed by atoms with Crippen LogP contribution in [0, 0.1) is 5.92 Å². The summed E-state index contributed by atoms with van der Waals surface area (Å²) in [6, 6.07) is 9.34. The van der Waals surface area contributed by atoms with Gasteiger partial charge in [0.1, 0.15) is 0 Å². The maximum atomic E-state index is 13.1. The molecule has 0 aromatic heterocycles. The lowest BCUT2D eigenvalue weighted by Crippen LogP contribution is -2.40. The summed E-state index contributed by atoms with van der Waals surface area (Å²) in [6.07, 6.45) is -4.15. The Bertz CT molecular complexity index is 1100. The fraction of sp³-hybridized carbons (Fsp3) is 0.391. The molecule has 0 heterocycles. The van der Waals surface area contributed by atoms with Gasteiger partial charge in [0.2, 0.25) is 15.9 Å². The third-order valence-corrected chi connectivity index (χ3v) is 6.81. The van der Waals surface area contributed by atoms with Gasteiger partial charge in [-0.3, -0.25) is 9.59 Å². The minimum atomic E-state index is -4.52. The van der Waals surface area contributed by atoms with Gasteiger partial charge in [-0.05, 0) is 49.1 Å². The van der Waals surface area contributed by atoms with E-state index in [-0.39, 0.29) is 22.2 Å². The van der Waals surface area contributed by atoms with Crippen LogP contribution in [0.3, 0.4) is 0 Å². The van der Waals surface area contributed by atoms with Crippen LogP contribution in [0.2, 0.25) is 0 Å². The number of nitrogens with one attached hydrogen (secondary N) is 1. The van der Waals surface area contributed by atoms with Gasteiger partial charge in [-0.25, -0.2) is 8.42 Å². The summed E-state index contributed by atoms with van der Waals surface area (Å²) in [5.41, 5.74) is -0.180. The van der Waals surface area contributed by atoms with Gasteiger partial charge >= 0.3 is 6.18 Å². The predicted octanol–water partition coefficient (Wildman–Crippen LogP) is 4.43. The Kier molecular flexibility index (Phi) is 8.42. The first-order chi connectivity index (χ1) is 15.2. The summed E-state index contributed by atoms with van der Waals surface area (Å²) in [5.74, 6) is -0.798. The van der Waals surface area contributed by atoms with E-state index in [0.29, 0.717) is 12.0 Å². The zero-order chi connectivity index (χ0) is 25.0. The number of hydrogen-bond donors (Lipinski definition) is 1. The van der Waals surface area contributed by atoms with Gasteiger partial charge in [0.25, 0.3) is 0 Å². The summed E-state index contributed by atoms with van der Waals surface area (Å²) in [4.78, 5) is 23.9. The van der Waals surface area contributed by atoms with E-state index in [9.17, 15) is 31.2 Å². The lowest BCUT2D eigenvalue weighted by atomic mass is 9.95. The Labute approximate surface area is 191 Å². The van der Waals surface area contributed by atoms with Crippen LogP contribution in [0.1, 0.15) is 54.7 Å². The number of ketones is 1. The van der Waals surface area contributed by atoms with Crippen LogP contribution in [0.25, 0.3) is 0 Å². The Hall–Kier alpha value is -2.72. The molecule has 0 aliphatic rings. The number of carbonyl (C=O) groups excluding carboxylic acids is 2. The van der Waals surface area contributed by atoms with Gasteiger partial charge in [-0.2, -0.15) is 17.5 Å². The van der Waals surface area contributed by atoms with E-state index in [1.54, 1.807) is 0 Å². The van der Waals surface area contributed by atoms with E-state index in [1.165, 1.54) is 50.4 Å². The molecular formula is C23H27F3N2O4S. The highest BCUT2D eigenvalue weighted by molar-refractivity contribution is 7.89. The molecule has 6 nitrogen and oxygen atoms in total. The molecule has 0 saturated heterocycles. The SMILES string of the molecule is CC(=O)c1ccc(S(=O)(=O)N(C)CC(=O)N[C@@H](CC(C)C)c2cccc(C(F)(F)F)c2)cc1. The number of rotatable bonds is 9. The number of carbonyl (C=O) groups is 2. The normalized spacial score (nSPS) is 13.2. The van der Waals surface area contributed by atoms with Crippen molar-refractivity contribution in [2.75, 3.05) is 13.6 Å². The van der Waals surface area contributed by atoms with Gasteiger partial charge in [0.15, 0.2) is 5.78 Å². The number of sulfonamides is 1. The van der Waals surface area contributed by atoms with Crippen molar-refractivity contribution < 1.29 is 31.2 Å². The predicted molar refractivity (Wildman–Crippen MR) is 118 cm³/mol. The zero-order valence-electron chi connectivity index (χ0n) is 18.8. The Balaban J connectivity index is 2.18. The lowest BCUT2D eigenvalue weighted by molar-refractivity contribution is -0.137. The summed E-state index contributed by atoms with van der Waals surface area (Å²) >= 11 is 0. The Morgan fingerprint density at radius 2 is 1.67 bits per heavy atom. The fourth-order valence-corrected chi connectivity index (χ4v) is 4.38. The topological polar surface area (TPSA) is 83.6 Å². The average Bonchev–Trinajstić information content (AvgIpc) is 2.72. The number of hydrogen-bond acceptors (Lipinski definition) is 4. The van der Waals surface area contributed by atoms with Crippen molar-refractivity contribution in [2.45, 2.75) is 44.3 Å². The van der Waals surface area contributed by atoms with Crippen molar-refractivity contribution in [2.24, 2.45) is 5.92 Å². The van der Waals surface area contributed by atoms with Crippen LogP contribution in [0.5, 0.6) is 0 Å². The quantitative estimate of drug-likeness (QED) is 0.534. The number of amides is 1. The highest BCUT2D eigenvalue weighted by Gasteiger charge is 2.31. The highest BCUT2D eigenvalue weighted by atomic mass is 32.2. The molecule has 0 bridgehead atoms. The molecule has 0 saturated carbocycles. The van der Waals surface area contributed by atoms with E-state index in [2.05, 4.69) is 5.32 Å².